The SMILES string of the molecule is CCCCn1c2ccccc2n2c(C(C)=O)c(CN(C)C34CC5CC(CC(C5)C3)C4)nc12.Cl.Cl. The fraction of sp³-hybridized carbons (Fsp3) is 0.630. The topological polar surface area (TPSA) is 42.5 Å². The van der Waals surface area contributed by atoms with Gasteiger partial charge in [0.1, 0.15) is 5.69 Å². The lowest BCUT2D eigenvalue weighted by Crippen LogP contribution is -2.58. The van der Waals surface area contributed by atoms with Crippen LogP contribution in [0, 0.1) is 17.8 Å². The summed E-state index contributed by atoms with van der Waals surface area (Å²) in [6.45, 7) is 5.63. The Hall–Kier alpha value is -1.56. The Labute approximate surface area is 215 Å². The summed E-state index contributed by atoms with van der Waals surface area (Å²) in [4.78, 5) is 20.7. The van der Waals surface area contributed by atoms with Crippen LogP contribution in [0.4, 0.5) is 0 Å². The number of halogens is 2. The molecule has 4 aliphatic rings. The zero-order chi connectivity index (χ0) is 22.0. The van der Waals surface area contributed by atoms with Crippen molar-refractivity contribution in [1.29, 1.82) is 0 Å². The van der Waals surface area contributed by atoms with Crippen LogP contribution in [0.1, 0.15) is 81.4 Å². The predicted octanol–water partition coefficient (Wildman–Crippen LogP) is 6.54. The largest absolute Gasteiger partial charge is 0.310 e. The first-order valence-corrected chi connectivity index (χ1v) is 12.7. The van der Waals surface area contributed by atoms with Crippen LogP contribution in [0.3, 0.4) is 0 Å². The molecule has 0 unspecified atom stereocenters. The summed E-state index contributed by atoms with van der Waals surface area (Å²) < 4.78 is 4.45. The number of aromatic nitrogens is 3. The third kappa shape index (κ3) is 3.88. The number of para-hydroxylation sites is 2. The molecule has 7 heteroatoms. The maximum atomic E-state index is 12.9. The first kappa shape index (κ1) is 25.5. The van der Waals surface area contributed by atoms with E-state index >= 15 is 0 Å². The molecule has 2 heterocycles. The molecule has 0 atom stereocenters. The normalized spacial score (nSPS) is 27.4. The molecule has 186 valence electrons. The number of hydrogen-bond donors (Lipinski definition) is 0. The number of nitrogens with zero attached hydrogens (tertiary/aromatic N) is 4. The summed E-state index contributed by atoms with van der Waals surface area (Å²) >= 11 is 0. The van der Waals surface area contributed by atoms with Crippen LogP contribution in [-0.2, 0) is 13.1 Å². The number of imidazole rings is 2. The summed E-state index contributed by atoms with van der Waals surface area (Å²) in [5.74, 6) is 3.79. The molecule has 4 fully saturated rings. The van der Waals surface area contributed by atoms with E-state index in [1.165, 1.54) is 44.0 Å². The van der Waals surface area contributed by atoms with E-state index in [0.717, 1.165) is 66.4 Å². The Balaban J connectivity index is 0.00000137. The number of ketones is 1. The third-order valence-electron chi connectivity index (χ3n) is 8.86. The zero-order valence-electron chi connectivity index (χ0n) is 20.6. The maximum absolute atomic E-state index is 12.9. The van der Waals surface area contributed by atoms with Gasteiger partial charge in [-0.3, -0.25) is 14.1 Å². The number of hydrogen-bond acceptors (Lipinski definition) is 3. The first-order valence-electron chi connectivity index (χ1n) is 12.7. The van der Waals surface area contributed by atoms with Crippen LogP contribution in [0.5, 0.6) is 0 Å². The highest BCUT2D eigenvalue weighted by atomic mass is 35.5. The number of carbonyl (C=O) groups is 1. The first-order chi connectivity index (χ1) is 15.5. The highest BCUT2D eigenvalue weighted by Crippen LogP contribution is 2.57. The van der Waals surface area contributed by atoms with Gasteiger partial charge in [0, 0.05) is 25.6 Å². The van der Waals surface area contributed by atoms with Crippen molar-refractivity contribution in [2.45, 2.75) is 83.8 Å². The molecule has 4 aliphatic carbocycles. The molecule has 2 aromatic heterocycles. The van der Waals surface area contributed by atoms with E-state index in [2.05, 4.69) is 52.1 Å². The summed E-state index contributed by atoms with van der Waals surface area (Å²) in [6.07, 6.45) is 10.6. The highest BCUT2D eigenvalue weighted by Gasteiger charge is 2.52. The standard InChI is InChI=1S/C27H36N4O.2ClH/c1-4-5-10-30-23-8-6-7-9-24(23)31-25(18(2)32)22(28-26(30)31)17-29(3)27-14-19-11-20(15-27)13-21(12-19)16-27;;/h6-9,19-21H,4-5,10-17H2,1-3H3;2*1H. The highest BCUT2D eigenvalue weighted by molar-refractivity contribution is 5.97. The van der Waals surface area contributed by atoms with Crippen LogP contribution >= 0.6 is 24.8 Å². The predicted molar refractivity (Wildman–Crippen MR) is 142 cm³/mol. The second-order valence-corrected chi connectivity index (χ2v) is 11.1. The number of carbonyl (C=O) groups excluding carboxylic acids is 1. The second kappa shape index (κ2) is 9.48. The van der Waals surface area contributed by atoms with E-state index in [1.54, 1.807) is 6.92 Å². The third-order valence-corrected chi connectivity index (χ3v) is 8.86. The van der Waals surface area contributed by atoms with Crippen molar-refractivity contribution < 1.29 is 4.79 Å². The molecular weight excluding hydrogens is 467 g/mol. The fourth-order valence-electron chi connectivity index (χ4n) is 7.78. The lowest BCUT2D eigenvalue weighted by molar-refractivity contribution is -0.0825. The summed E-state index contributed by atoms with van der Waals surface area (Å²) in [5, 5.41) is 0. The molecule has 0 radical (unpaired) electrons. The number of rotatable bonds is 7. The van der Waals surface area contributed by atoms with E-state index in [4.69, 9.17) is 4.98 Å². The minimum absolute atomic E-state index is 0. The van der Waals surface area contributed by atoms with Gasteiger partial charge in [-0.25, -0.2) is 4.98 Å². The second-order valence-electron chi connectivity index (χ2n) is 11.1. The fourth-order valence-corrected chi connectivity index (χ4v) is 7.78. The molecule has 0 aliphatic heterocycles. The van der Waals surface area contributed by atoms with Crippen molar-refractivity contribution in [2.75, 3.05) is 7.05 Å². The molecule has 0 amide bonds. The van der Waals surface area contributed by atoms with Gasteiger partial charge in [0.2, 0.25) is 5.78 Å². The molecule has 0 saturated heterocycles. The number of fused-ring (bicyclic) bond motifs is 3. The van der Waals surface area contributed by atoms with Crippen molar-refractivity contribution in [1.82, 2.24) is 18.9 Å². The number of aryl methyl sites for hydroxylation is 1. The van der Waals surface area contributed by atoms with Crippen LogP contribution in [0.25, 0.3) is 16.8 Å². The van der Waals surface area contributed by atoms with Gasteiger partial charge in [0.05, 0.1) is 16.7 Å². The van der Waals surface area contributed by atoms with Crippen LogP contribution in [0.15, 0.2) is 24.3 Å². The zero-order valence-corrected chi connectivity index (χ0v) is 22.3. The average Bonchev–Trinajstić information content (AvgIpc) is 3.25. The molecule has 0 spiro atoms. The van der Waals surface area contributed by atoms with Crippen molar-refractivity contribution in [2.24, 2.45) is 17.8 Å². The molecule has 1 aromatic carbocycles. The summed E-state index contributed by atoms with van der Waals surface area (Å²) in [7, 11) is 2.30. The smallest absolute Gasteiger partial charge is 0.215 e. The lowest BCUT2D eigenvalue weighted by Gasteiger charge is -2.60. The van der Waals surface area contributed by atoms with Gasteiger partial charge in [-0.05, 0) is 81.9 Å². The molecule has 4 saturated carbocycles. The van der Waals surface area contributed by atoms with E-state index in [1.807, 2.05) is 0 Å². The van der Waals surface area contributed by atoms with Gasteiger partial charge in [-0.15, -0.1) is 24.8 Å². The Morgan fingerprint density at radius 1 is 1.06 bits per heavy atom. The Bertz CT molecular complexity index is 1160. The van der Waals surface area contributed by atoms with E-state index in [0.29, 0.717) is 5.54 Å². The van der Waals surface area contributed by atoms with Gasteiger partial charge in [0.15, 0.2) is 5.78 Å². The molecule has 3 aromatic rings. The molecule has 34 heavy (non-hydrogen) atoms. The van der Waals surface area contributed by atoms with Crippen LogP contribution < -0.4 is 0 Å². The minimum atomic E-state index is 0. The van der Waals surface area contributed by atoms with E-state index < -0.39 is 0 Å². The van der Waals surface area contributed by atoms with Crippen molar-refractivity contribution in [3.05, 3.63) is 35.7 Å². The monoisotopic (exact) mass is 504 g/mol. The Kier molecular flexibility index (Phi) is 7.12. The Morgan fingerprint density at radius 2 is 1.65 bits per heavy atom. The van der Waals surface area contributed by atoms with Crippen LogP contribution in [-0.4, -0.2) is 37.2 Å². The molecule has 0 N–H and O–H groups in total. The van der Waals surface area contributed by atoms with E-state index in [-0.39, 0.29) is 30.6 Å². The number of unbranched alkanes of at least 4 members (excludes halogenated alkanes) is 1. The number of Topliss-reactive ketones (excluding diaryl/α,β-unsaturated/α-hetero) is 1. The Morgan fingerprint density at radius 3 is 2.21 bits per heavy atom. The van der Waals surface area contributed by atoms with Gasteiger partial charge in [-0.2, -0.15) is 0 Å². The quantitative estimate of drug-likeness (QED) is 0.343. The van der Waals surface area contributed by atoms with Crippen LogP contribution in [0.2, 0.25) is 0 Å². The van der Waals surface area contributed by atoms with Crippen molar-refractivity contribution >= 4 is 47.4 Å². The molecule has 7 rings (SSSR count). The summed E-state index contributed by atoms with van der Waals surface area (Å²) in [5.41, 5.74) is 4.33. The van der Waals surface area contributed by atoms with Gasteiger partial charge >= 0.3 is 0 Å². The molecule has 4 bridgehead atoms. The molecular formula is C27H38Cl2N4O. The summed E-state index contributed by atoms with van der Waals surface area (Å²) in [6, 6.07) is 8.44. The van der Waals surface area contributed by atoms with Gasteiger partial charge < -0.3 is 4.57 Å². The van der Waals surface area contributed by atoms with Crippen molar-refractivity contribution in [3.8, 4) is 0 Å². The van der Waals surface area contributed by atoms with Crippen molar-refractivity contribution in [3.63, 3.8) is 0 Å². The lowest BCUT2D eigenvalue weighted by atomic mass is 9.52. The average molecular weight is 506 g/mol. The van der Waals surface area contributed by atoms with Gasteiger partial charge in [0.25, 0.3) is 0 Å². The molecule has 5 nitrogen and oxygen atoms in total. The van der Waals surface area contributed by atoms with Gasteiger partial charge in [-0.1, -0.05) is 25.5 Å². The minimum Gasteiger partial charge on any atom is -0.310 e. The van der Waals surface area contributed by atoms with E-state index in [9.17, 15) is 4.79 Å². The maximum Gasteiger partial charge on any atom is 0.215 e. The number of benzene rings is 1.